The number of sulfonamides is 1. The first-order valence-electron chi connectivity index (χ1n) is 3.63. The maximum atomic E-state index is 12.7. The molecule has 0 unspecified atom stereocenters. The predicted octanol–water partition coefficient (Wildman–Crippen LogP) is 0.487. The van der Waals surface area contributed by atoms with Crippen LogP contribution in [0.3, 0.4) is 0 Å². The highest BCUT2D eigenvalue weighted by Gasteiger charge is 2.22. The van der Waals surface area contributed by atoms with Crippen molar-refractivity contribution in [1.82, 2.24) is 4.72 Å². The molecule has 13 heavy (non-hydrogen) atoms. The molecule has 2 N–H and O–H groups in total. The van der Waals surface area contributed by atoms with Crippen LogP contribution in [0.2, 0.25) is 0 Å². The van der Waals surface area contributed by atoms with Crippen LogP contribution < -0.4 is 10.0 Å². The van der Waals surface area contributed by atoms with Crippen LogP contribution in [0.4, 0.5) is 10.1 Å². The second-order valence-corrected chi connectivity index (χ2v) is 4.38. The standard InChI is InChI=1S/C7H7FN2O2S/c8-5-1-2-6-7(3-5)13(11,12)10-4-9-6/h1-3,9-10H,4H2. The minimum absolute atomic E-state index is 0.0428. The number of anilines is 1. The van der Waals surface area contributed by atoms with Crippen LogP contribution in [-0.4, -0.2) is 15.1 Å². The molecule has 1 aromatic carbocycles. The summed E-state index contributed by atoms with van der Waals surface area (Å²) in [6, 6.07) is 3.61. The van der Waals surface area contributed by atoms with Gasteiger partial charge in [-0.25, -0.2) is 12.8 Å². The zero-order valence-electron chi connectivity index (χ0n) is 6.54. The summed E-state index contributed by atoms with van der Waals surface area (Å²) in [6.45, 7) is 0.140. The van der Waals surface area contributed by atoms with Gasteiger partial charge < -0.3 is 5.32 Å². The quantitative estimate of drug-likeness (QED) is 0.643. The fraction of sp³-hybridized carbons (Fsp3) is 0.143. The summed E-state index contributed by atoms with van der Waals surface area (Å²) in [5, 5.41) is 2.79. The molecule has 2 rings (SSSR count). The second-order valence-electron chi connectivity index (χ2n) is 2.64. The summed E-state index contributed by atoms with van der Waals surface area (Å²) >= 11 is 0. The molecule has 0 bridgehead atoms. The van der Waals surface area contributed by atoms with E-state index in [0.29, 0.717) is 5.69 Å². The van der Waals surface area contributed by atoms with Gasteiger partial charge in [0.1, 0.15) is 10.7 Å². The van der Waals surface area contributed by atoms with Gasteiger partial charge in [0.2, 0.25) is 10.0 Å². The van der Waals surface area contributed by atoms with E-state index in [2.05, 4.69) is 10.0 Å². The highest BCUT2D eigenvalue weighted by Crippen LogP contribution is 2.24. The second kappa shape index (κ2) is 2.68. The van der Waals surface area contributed by atoms with Gasteiger partial charge >= 0.3 is 0 Å². The topological polar surface area (TPSA) is 58.2 Å². The Morgan fingerprint density at radius 2 is 2.15 bits per heavy atom. The maximum Gasteiger partial charge on any atom is 0.244 e. The summed E-state index contributed by atoms with van der Waals surface area (Å²) in [5.74, 6) is -0.562. The van der Waals surface area contributed by atoms with E-state index in [9.17, 15) is 12.8 Å². The van der Waals surface area contributed by atoms with Gasteiger partial charge in [-0.15, -0.1) is 0 Å². The molecule has 0 saturated heterocycles. The van der Waals surface area contributed by atoms with Crippen LogP contribution in [0.15, 0.2) is 23.1 Å². The molecule has 1 aliphatic heterocycles. The van der Waals surface area contributed by atoms with Crippen LogP contribution in [0, 0.1) is 5.82 Å². The number of fused-ring (bicyclic) bond motifs is 1. The van der Waals surface area contributed by atoms with Gasteiger partial charge in [0, 0.05) is 0 Å². The minimum atomic E-state index is -3.52. The number of benzene rings is 1. The fourth-order valence-corrected chi connectivity index (χ4v) is 2.28. The van der Waals surface area contributed by atoms with Crippen molar-refractivity contribution >= 4 is 15.7 Å². The Morgan fingerprint density at radius 3 is 2.92 bits per heavy atom. The lowest BCUT2D eigenvalue weighted by Crippen LogP contribution is -2.34. The molecule has 0 amide bonds. The largest absolute Gasteiger partial charge is 0.370 e. The summed E-state index contributed by atoms with van der Waals surface area (Å²) in [6.07, 6.45) is 0. The first kappa shape index (κ1) is 8.46. The molecule has 1 aromatic rings. The van der Waals surface area contributed by atoms with Gasteiger partial charge in [-0.05, 0) is 18.2 Å². The zero-order valence-corrected chi connectivity index (χ0v) is 7.36. The summed E-state index contributed by atoms with van der Waals surface area (Å²) in [5.41, 5.74) is 0.431. The summed E-state index contributed by atoms with van der Waals surface area (Å²) in [4.78, 5) is -0.0428. The molecule has 0 fully saturated rings. The van der Waals surface area contributed by atoms with Crippen LogP contribution in [0.1, 0.15) is 0 Å². The average Bonchev–Trinajstić information content (AvgIpc) is 2.06. The van der Waals surface area contributed by atoms with Crippen LogP contribution in [0.5, 0.6) is 0 Å². The molecule has 6 heteroatoms. The van der Waals surface area contributed by atoms with E-state index in [4.69, 9.17) is 0 Å². The lowest BCUT2D eigenvalue weighted by atomic mass is 10.3. The average molecular weight is 202 g/mol. The lowest BCUT2D eigenvalue weighted by molar-refractivity contribution is 0.577. The SMILES string of the molecule is O=S1(=O)NCNc2ccc(F)cc21. The zero-order chi connectivity index (χ0) is 9.47. The van der Waals surface area contributed by atoms with Crippen molar-refractivity contribution < 1.29 is 12.8 Å². The molecule has 0 radical (unpaired) electrons. The first-order chi connectivity index (χ1) is 6.09. The van der Waals surface area contributed by atoms with E-state index in [1.54, 1.807) is 0 Å². The van der Waals surface area contributed by atoms with Crippen molar-refractivity contribution in [2.24, 2.45) is 0 Å². The monoisotopic (exact) mass is 202 g/mol. The molecule has 0 atom stereocenters. The van der Waals surface area contributed by atoms with Gasteiger partial charge in [0.15, 0.2) is 0 Å². The molecule has 0 saturated carbocycles. The third kappa shape index (κ3) is 1.38. The van der Waals surface area contributed by atoms with Crippen molar-refractivity contribution in [2.75, 3.05) is 12.0 Å². The molecule has 0 aliphatic carbocycles. The normalized spacial score (nSPS) is 18.8. The Hall–Kier alpha value is -1.14. The Kier molecular flexibility index (Phi) is 1.74. The molecule has 70 valence electrons. The molecule has 1 heterocycles. The van der Waals surface area contributed by atoms with E-state index in [-0.39, 0.29) is 11.6 Å². The predicted molar refractivity (Wildman–Crippen MR) is 45.2 cm³/mol. The number of rotatable bonds is 0. The van der Waals surface area contributed by atoms with Crippen molar-refractivity contribution in [1.29, 1.82) is 0 Å². The molecular weight excluding hydrogens is 195 g/mol. The van der Waals surface area contributed by atoms with Crippen LogP contribution >= 0.6 is 0 Å². The van der Waals surface area contributed by atoms with Gasteiger partial charge in [-0.1, -0.05) is 0 Å². The fourth-order valence-electron chi connectivity index (χ4n) is 1.17. The van der Waals surface area contributed by atoms with Crippen LogP contribution in [0.25, 0.3) is 0 Å². The van der Waals surface area contributed by atoms with Crippen molar-refractivity contribution in [3.05, 3.63) is 24.0 Å². The van der Waals surface area contributed by atoms with E-state index in [1.807, 2.05) is 0 Å². The lowest BCUT2D eigenvalue weighted by Gasteiger charge is -2.18. The highest BCUT2D eigenvalue weighted by molar-refractivity contribution is 7.89. The molecular formula is C7H7FN2O2S. The van der Waals surface area contributed by atoms with Gasteiger partial charge in [0.05, 0.1) is 12.4 Å². The minimum Gasteiger partial charge on any atom is -0.370 e. The van der Waals surface area contributed by atoms with Crippen molar-refractivity contribution in [3.8, 4) is 0 Å². The van der Waals surface area contributed by atoms with Gasteiger partial charge in [-0.2, -0.15) is 4.72 Å². The van der Waals surface area contributed by atoms with E-state index in [1.165, 1.54) is 12.1 Å². The van der Waals surface area contributed by atoms with Crippen molar-refractivity contribution in [3.63, 3.8) is 0 Å². The number of halogens is 1. The third-order valence-corrected chi connectivity index (χ3v) is 3.22. The summed E-state index contributed by atoms with van der Waals surface area (Å²) < 4.78 is 37.6. The van der Waals surface area contributed by atoms with E-state index >= 15 is 0 Å². The van der Waals surface area contributed by atoms with E-state index in [0.717, 1.165) is 6.07 Å². The number of nitrogens with one attached hydrogen (secondary N) is 2. The van der Waals surface area contributed by atoms with E-state index < -0.39 is 15.8 Å². The Bertz CT molecular complexity index is 444. The van der Waals surface area contributed by atoms with Gasteiger partial charge in [0.25, 0.3) is 0 Å². The summed E-state index contributed by atoms with van der Waals surface area (Å²) in [7, 11) is -3.52. The Labute approximate surface area is 74.8 Å². The maximum absolute atomic E-state index is 12.7. The smallest absolute Gasteiger partial charge is 0.244 e. The molecule has 0 aromatic heterocycles. The van der Waals surface area contributed by atoms with Crippen molar-refractivity contribution in [2.45, 2.75) is 4.90 Å². The number of hydrogen-bond donors (Lipinski definition) is 2. The van der Waals surface area contributed by atoms with Gasteiger partial charge in [-0.3, -0.25) is 0 Å². The molecule has 4 nitrogen and oxygen atoms in total. The Morgan fingerprint density at radius 1 is 1.38 bits per heavy atom. The van der Waals surface area contributed by atoms with Crippen LogP contribution in [-0.2, 0) is 10.0 Å². The number of hydrogen-bond acceptors (Lipinski definition) is 3. The molecule has 1 aliphatic rings. The Balaban J connectivity index is 2.68. The first-order valence-corrected chi connectivity index (χ1v) is 5.11. The molecule has 0 spiro atoms. The highest BCUT2D eigenvalue weighted by atomic mass is 32.2. The third-order valence-electron chi connectivity index (χ3n) is 1.77.